The van der Waals surface area contributed by atoms with Crippen LogP contribution in [0.3, 0.4) is 0 Å². The minimum absolute atomic E-state index is 0.260. The van der Waals surface area contributed by atoms with Crippen molar-refractivity contribution in [3.05, 3.63) is 24.0 Å². The molecule has 2 aliphatic rings. The Morgan fingerprint density at radius 3 is 2.52 bits per heavy atom. The Balaban J connectivity index is 1.78. The highest BCUT2D eigenvalue weighted by Gasteiger charge is 2.43. The summed E-state index contributed by atoms with van der Waals surface area (Å²) >= 11 is 0. The zero-order valence-electron chi connectivity index (χ0n) is 12.3. The minimum Gasteiger partial charge on any atom is -0.480 e. The van der Waals surface area contributed by atoms with Crippen LogP contribution in [0.5, 0.6) is 0 Å². The quantitative estimate of drug-likeness (QED) is 0.895. The number of carbonyl (C=O) groups excluding carboxylic acids is 1. The SMILES string of the molecule is CC1CCC(NC(=O)c2cccn2C2CC2)(C(=O)O)CC1. The Labute approximate surface area is 124 Å². The molecule has 0 spiro atoms. The van der Waals surface area contributed by atoms with Crippen molar-refractivity contribution in [3.8, 4) is 0 Å². The van der Waals surface area contributed by atoms with Gasteiger partial charge in [0.25, 0.3) is 5.91 Å². The highest BCUT2D eigenvalue weighted by Crippen LogP contribution is 2.36. The van der Waals surface area contributed by atoms with Gasteiger partial charge in [0, 0.05) is 12.2 Å². The van der Waals surface area contributed by atoms with Gasteiger partial charge >= 0.3 is 5.97 Å². The standard InChI is InChI=1S/C16H22N2O3/c1-11-6-8-16(9-7-11,15(20)21)17-14(19)13-3-2-10-18(13)12-4-5-12/h2-3,10-12H,4-9H2,1H3,(H,17,19)(H,20,21). The smallest absolute Gasteiger partial charge is 0.329 e. The predicted molar refractivity (Wildman–Crippen MR) is 78.2 cm³/mol. The fourth-order valence-electron chi connectivity index (χ4n) is 3.19. The van der Waals surface area contributed by atoms with Crippen molar-refractivity contribution in [2.24, 2.45) is 5.92 Å². The number of aliphatic carboxylic acids is 1. The highest BCUT2D eigenvalue weighted by molar-refractivity contribution is 5.96. The molecule has 1 aromatic heterocycles. The molecule has 21 heavy (non-hydrogen) atoms. The lowest BCUT2D eigenvalue weighted by Gasteiger charge is -2.36. The Morgan fingerprint density at radius 1 is 1.29 bits per heavy atom. The Bertz CT molecular complexity index is 552. The second-order valence-corrected chi connectivity index (χ2v) is 6.56. The molecule has 0 bridgehead atoms. The lowest BCUT2D eigenvalue weighted by atomic mass is 9.77. The van der Waals surface area contributed by atoms with Crippen LogP contribution in [0, 0.1) is 5.92 Å². The van der Waals surface area contributed by atoms with E-state index in [4.69, 9.17) is 0 Å². The summed E-state index contributed by atoms with van der Waals surface area (Å²) in [6.07, 6.45) is 6.81. The van der Waals surface area contributed by atoms with Gasteiger partial charge in [-0.2, -0.15) is 0 Å². The molecule has 1 heterocycles. The molecule has 0 atom stereocenters. The van der Waals surface area contributed by atoms with Gasteiger partial charge in [0.15, 0.2) is 0 Å². The third-order valence-electron chi connectivity index (χ3n) is 4.84. The van der Waals surface area contributed by atoms with Gasteiger partial charge in [-0.15, -0.1) is 0 Å². The molecule has 0 saturated heterocycles. The molecular formula is C16H22N2O3. The van der Waals surface area contributed by atoms with E-state index >= 15 is 0 Å². The van der Waals surface area contributed by atoms with Crippen molar-refractivity contribution < 1.29 is 14.7 Å². The first-order valence-corrected chi connectivity index (χ1v) is 7.74. The maximum absolute atomic E-state index is 12.5. The number of carboxylic acid groups (broad SMARTS) is 1. The topological polar surface area (TPSA) is 71.3 Å². The predicted octanol–water partition coefficient (Wildman–Crippen LogP) is 2.59. The van der Waals surface area contributed by atoms with Gasteiger partial charge in [-0.1, -0.05) is 6.92 Å². The van der Waals surface area contributed by atoms with Gasteiger partial charge in [-0.25, -0.2) is 4.79 Å². The fraction of sp³-hybridized carbons (Fsp3) is 0.625. The van der Waals surface area contributed by atoms with Crippen LogP contribution >= 0.6 is 0 Å². The molecular weight excluding hydrogens is 268 g/mol. The normalized spacial score (nSPS) is 29.1. The third kappa shape index (κ3) is 2.69. The van der Waals surface area contributed by atoms with Gasteiger partial charge < -0.3 is 15.0 Å². The number of nitrogens with zero attached hydrogens (tertiary/aromatic N) is 1. The van der Waals surface area contributed by atoms with E-state index in [9.17, 15) is 14.7 Å². The van der Waals surface area contributed by atoms with Crippen LogP contribution in [0.4, 0.5) is 0 Å². The molecule has 1 aromatic rings. The molecule has 0 aromatic carbocycles. The van der Waals surface area contributed by atoms with E-state index in [1.165, 1.54) is 0 Å². The van der Waals surface area contributed by atoms with Crippen molar-refractivity contribution in [3.63, 3.8) is 0 Å². The summed E-state index contributed by atoms with van der Waals surface area (Å²) in [5.74, 6) is -0.638. The largest absolute Gasteiger partial charge is 0.480 e. The van der Waals surface area contributed by atoms with Crippen molar-refractivity contribution in [1.82, 2.24) is 9.88 Å². The number of carboxylic acids is 1. The Kier molecular flexibility index (Phi) is 3.51. The second-order valence-electron chi connectivity index (χ2n) is 6.56. The lowest BCUT2D eigenvalue weighted by molar-refractivity contribution is -0.146. The van der Waals surface area contributed by atoms with Gasteiger partial charge in [0.1, 0.15) is 11.2 Å². The zero-order chi connectivity index (χ0) is 15.0. The first-order chi connectivity index (χ1) is 10.0. The first kappa shape index (κ1) is 14.2. The third-order valence-corrected chi connectivity index (χ3v) is 4.84. The maximum atomic E-state index is 12.5. The Hall–Kier alpha value is -1.78. The number of carbonyl (C=O) groups is 2. The van der Waals surface area contributed by atoms with Crippen molar-refractivity contribution in [1.29, 1.82) is 0 Å². The summed E-state index contributed by atoms with van der Waals surface area (Å²) in [6, 6.07) is 4.03. The van der Waals surface area contributed by atoms with Crippen molar-refractivity contribution in [2.75, 3.05) is 0 Å². The molecule has 2 aliphatic carbocycles. The van der Waals surface area contributed by atoms with Gasteiger partial charge in [0.05, 0.1) is 0 Å². The van der Waals surface area contributed by atoms with Crippen molar-refractivity contribution in [2.45, 2.75) is 57.0 Å². The summed E-state index contributed by atoms with van der Waals surface area (Å²) in [6.45, 7) is 2.13. The summed E-state index contributed by atoms with van der Waals surface area (Å²) in [7, 11) is 0. The molecule has 1 amide bonds. The number of nitrogens with one attached hydrogen (secondary N) is 1. The molecule has 3 rings (SSSR count). The molecule has 0 radical (unpaired) electrons. The van der Waals surface area contributed by atoms with Crippen molar-refractivity contribution >= 4 is 11.9 Å². The Morgan fingerprint density at radius 2 is 1.95 bits per heavy atom. The number of aromatic nitrogens is 1. The van der Waals surface area contributed by atoms with Crippen LogP contribution in [0.1, 0.15) is 62.0 Å². The average molecular weight is 290 g/mol. The summed E-state index contributed by atoms with van der Waals surface area (Å²) in [5.41, 5.74) is -0.515. The van der Waals surface area contributed by atoms with Crippen LogP contribution in [-0.2, 0) is 4.79 Å². The fourth-order valence-corrected chi connectivity index (χ4v) is 3.19. The molecule has 114 valence electrons. The second kappa shape index (κ2) is 5.20. The summed E-state index contributed by atoms with van der Waals surface area (Å²) < 4.78 is 1.97. The van der Waals surface area contributed by atoms with Crippen LogP contribution < -0.4 is 5.32 Å². The molecule has 5 nitrogen and oxygen atoms in total. The number of rotatable bonds is 4. The number of hydrogen-bond acceptors (Lipinski definition) is 2. The monoisotopic (exact) mass is 290 g/mol. The number of amides is 1. The minimum atomic E-state index is -1.09. The van der Waals surface area contributed by atoms with Crippen LogP contribution in [0.2, 0.25) is 0 Å². The summed E-state index contributed by atoms with van der Waals surface area (Å²) in [5, 5.41) is 12.4. The van der Waals surface area contributed by atoms with Crippen LogP contribution in [0.15, 0.2) is 18.3 Å². The van der Waals surface area contributed by atoms with E-state index in [-0.39, 0.29) is 5.91 Å². The molecule has 5 heteroatoms. The molecule has 2 saturated carbocycles. The van der Waals surface area contributed by atoms with Crippen LogP contribution in [-0.4, -0.2) is 27.1 Å². The molecule has 0 unspecified atom stereocenters. The summed E-state index contributed by atoms with van der Waals surface area (Å²) in [4.78, 5) is 24.2. The van der Waals surface area contributed by atoms with E-state index in [0.29, 0.717) is 30.5 Å². The molecule has 2 fully saturated rings. The number of hydrogen-bond donors (Lipinski definition) is 2. The average Bonchev–Trinajstić information content (AvgIpc) is 3.18. The lowest BCUT2D eigenvalue weighted by Crippen LogP contribution is -2.56. The van der Waals surface area contributed by atoms with E-state index in [1.54, 1.807) is 6.07 Å². The van der Waals surface area contributed by atoms with E-state index in [1.807, 2.05) is 16.8 Å². The maximum Gasteiger partial charge on any atom is 0.329 e. The molecule has 2 N–H and O–H groups in total. The molecule has 0 aliphatic heterocycles. The first-order valence-electron chi connectivity index (χ1n) is 7.74. The van der Waals surface area contributed by atoms with E-state index < -0.39 is 11.5 Å². The van der Waals surface area contributed by atoms with Gasteiger partial charge in [0.2, 0.25) is 0 Å². The van der Waals surface area contributed by atoms with E-state index in [0.717, 1.165) is 25.7 Å². The van der Waals surface area contributed by atoms with E-state index in [2.05, 4.69) is 12.2 Å². The van der Waals surface area contributed by atoms with Gasteiger partial charge in [-0.05, 0) is 56.6 Å². The zero-order valence-corrected chi connectivity index (χ0v) is 12.3. The van der Waals surface area contributed by atoms with Crippen LogP contribution in [0.25, 0.3) is 0 Å². The highest BCUT2D eigenvalue weighted by atomic mass is 16.4. The van der Waals surface area contributed by atoms with Gasteiger partial charge in [-0.3, -0.25) is 4.79 Å².